The fourth-order valence-electron chi connectivity index (χ4n) is 3.21. The van der Waals surface area contributed by atoms with E-state index < -0.39 is 5.82 Å². The van der Waals surface area contributed by atoms with Crippen LogP contribution in [0.1, 0.15) is 32.3 Å². The zero-order chi connectivity index (χ0) is 17.5. The van der Waals surface area contributed by atoms with Crippen LogP contribution < -0.4 is 5.32 Å². The summed E-state index contributed by atoms with van der Waals surface area (Å²) < 4.78 is 13.4. The number of likely N-dealkylation sites (N-methyl/N-ethyl adjacent to an activating group) is 2. The number of phenolic OH excluding ortho intramolecular Hbond substituents is 1. The molecule has 0 aliphatic carbocycles. The van der Waals surface area contributed by atoms with Gasteiger partial charge in [-0.25, -0.2) is 9.38 Å². The second kappa shape index (κ2) is 8.87. The lowest BCUT2D eigenvalue weighted by Gasteiger charge is -2.29. The van der Waals surface area contributed by atoms with E-state index in [-0.39, 0.29) is 5.75 Å². The van der Waals surface area contributed by atoms with Crippen molar-refractivity contribution >= 4 is 5.96 Å². The maximum absolute atomic E-state index is 13.4. The number of nitrogens with one attached hydrogen (secondary N) is 1. The van der Waals surface area contributed by atoms with Gasteiger partial charge in [0.15, 0.2) is 17.5 Å². The number of guanidine groups is 1. The van der Waals surface area contributed by atoms with Gasteiger partial charge in [-0.05, 0) is 50.6 Å². The molecule has 1 unspecified atom stereocenters. The minimum atomic E-state index is -0.606. The first-order chi connectivity index (χ1) is 11.5. The van der Waals surface area contributed by atoms with Gasteiger partial charge >= 0.3 is 0 Å². The van der Waals surface area contributed by atoms with Gasteiger partial charge in [-0.2, -0.15) is 0 Å². The first-order valence-electron chi connectivity index (χ1n) is 8.76. The Morgan fingerprint density at radius 3 is 2.92 bits per heavy atom. The molecule has 1 saturated heterocycles. The number of hydrogen-bond donors (Lipinski definition) is 2. The smallest absolute Gasteiger partial charge is 0.194 e. The molecule has 1 aliphatic rings. The van der Waals surface area contributed by atoms with Crippen LogP contribution in [0.2, 0.25) is 0 Å². The Kier molecular flexibility index (Phi) is 6.85. The van der Waals surface area contributed by atoms with Crippen molar-refractivity contribution in [2.75, 3.05) is 33.2 Å². The number of likely N-dealkylation sites (tertiary alicyclic amines) is 1. The van der Waals surface area contributed by atoms with Crippen LogP contribution in [-0.2, 0) is 6.54 Å². The standard InChI is InChI=1S/C18H29FN4O/c1-4-20-18(21-12-14-8-9-17(24)16(19)11-14)22(3)13-15-7-6-10-23(15)5-2/h8-9,11,15,24H,4-7,10,12-13H2,1-3H3,(H,20,21). The van der Waals surface area contributed by atoms with Crippen molar-refractivity contribution in [1.82, 2.24) is 15.1 Å². The second-order valence-corrected chi connectivity index (χ2v) is 6.26. The monoisotopic (exact) mass is 336 g/mol. The summed E-state index contributed by atoms with van der Waals surface area (Å²) in [7, 11) is 2.05. The first kappa shape index (κ1) is 18.5. The van der Waals surface area contributed by atoms with Gasteiger partial charge in [0.1, 0.15) is 0 Å². The largest absolute Gasteiger partial charge is 0.505 e. The van der Waals surface area contributed by atoms with E-state index in [2.05, 4.69) is 27.0 Å². The van der Waals surface area contributed by atoms with E-state index in [9.17, 15) is 9.50 Å². The topological polar surface area (TPSA) is 51.1 Å². The van der Waals surface area contributed by atoms with Gasteiger partial charge in [-0.3, -0.25) is 4.90 Å². The van der Waals surface area contributed by atoms with Crippen molar-refractivity contribution in [3.63, 3.8) is 0 Å². The summed E-state index contributed by atoms with van der Waals surface area (Å²) >= 11 is 0. The highest BCUT2D eigenvalue weighted by Crippen LogP contribution is 2.18. The van der Waals surface area contributed by atoms with Gasteiger partial charge in [0.25, 0.3) is 0 Å². The van der Waals surface area contributed by atoms with Crippen LogP contribution in [0, 0.1) is 5.82 Å². The molecule has 0 aromatic heterocycles. The van der Waals surface area contributed by atoms with E-state index in [0.29, 0.717) is 12.6 Å². The average molecular weight is 336 g/mol. The molecule has 0 amide bonds. The highest BCUT2D eigenvalue weighted by Gasteiger charge is 2.24. The van der Waals surface area contributed by atoms with Crippen molar-refractivity contribution in [2.24, 2.45) is 4.99 Å². The molecule has 2 rings (SSSR count). The molecular formula is C18H29FN4O. The fourth-order valence-corrected chi connectivity index (χ4v) is 3.21. The van der Waals surface area contributed by atoms with Gasteiger partial charge in [0.05, 0.1) is 6.54 Å². The molecule has 6 heteroatoms. The minimum Gasteiger partial charge on any atom is -0.505 e. The second-order valence-electron chi connectivity index (χ2n) is 6.26. The zero-order valence-electron chi connectivity index (χ0n) is 14.9. The van der Waals surface area contributed by atoms with Crippen LogP contribution in [0.4, 0.5) is 4.39 Å². The molecule has 2 N–H and O–H groups in total. The minimum absolute atomic E-state index is 0.326. The molecule has 1 aromatic carbocycles. The van der Waals surface area contributed by atoms with E-state index in [1.54, 1.807) is 6.07 Å². The number of aliphatic imine (C=N–C) groups is 1. The molecule has 134 valence electrons. The van der Waals surface area contributed by atoms with Gasteiger partial charge in [0.2, 0.25) is 0 Å². The summed E-state index contributed by atoms with van der Waals surface area (Å²) in [5.74, 6) is -0.104. The third-order valence-electron chi connectivity index (χ3n) is 4.51. The van der Waals surface area contributed by atoms with Crippen molar-refractivity contribution in [2.45, 2.75) is 39.3 Å². The lowest BCUT2D eigenvalue weighted by molar-refractivity contribution is 0.232. The molecule has 1 heterocycles. The summed E-state index contributed by atoms with van der Waals surface area (Å²) in [5.41, 5.74) is 0.741. The Balaban J connectivity index is 2.02. The van der Waals surface area contributed by atoms with Crippen LogP contribution >= 0.6 is 0 Å². The Morgan fingerprint density at radius 2 is 2.25 bits per heavy atom. The number of hydrogen-bond acceptors (Lipinski definition) is 3. The third kappa shape index (κ3) is 4.84. The SMILES string of the molecule is CCNC(=NCc1ccc(O)c(F)c1)N(C)CC1CCCN1CC. The van der Waals surface area contributed by atoms with E-state index in [1.165, 1.54) is 31.5 Å². The van der Waals surface area contributed by atoms with Crippen LogP contribution in [0.15, 0.2) is 23.2 Å². The molecule has 0 radical (unpaired) electrons. The van der Waals surface area contributed by atoms with Crippen molar-refractivity contribution < 1.29 is 9.50 Å². The normalized spacial score (nSPS) is 18.8. The molecule has 1 fully saturated rings. The Labute approximate surface area is 144 Å². The number of benzene rings is 1. The lowest BCUT2D eigenvalue weighted by Crippen LogP contribution is -2.45. The highest BCUT2D eigenvalue weighted by atomic mass is 19.1. The zero-order valence-corrected chi connectivity index (χ0v) is 14.9. The Hall–Kier alpha value is -1.82. The number of halogens is 1. The number of nitrogens with zero attached hydrogens (tertiary/aromatic N) is 3. The fraction of sp³-hybridized carbons (Fsp3) is 0.611. The van der Waals surface area contributed by atoms with Crippen LogP contribution in [0.25, 0.3) is 0 Å². The summed E-state index contributed by atoms with van der Waals surface area (Å²) in [4.78, 5) is 9.27. The van der Waals surface area contributed by atoms with Gasteiger partial charge in [0, 0.05) is 26.2 Å². The maximum atomic E-state index is 13.4. The van der Waals surface area contributed by atoms with Crippen LogP contribution in [0.3, 0.4) is 0 Å². The predicted molar refractivity (Wildman–Crippen MR) is 95.8 cm³/mol. The van der Waals surface area contributed by atoms with Crippen LogP contribution in [0.5, 0.6) is 5.75 Å². The van der Waals surface area contributed by atoms with Crippen molar-refractivity contribution in [3.05, 3.63) is 29.6 Å². The summed E-state index contributed by atoms with van der Waals surface area (Å²) in [6, 6.07) is 4.96. The lowest BCUT2D eigenvalue weighted by atomic mass is 10.2. The van der Waals surface area contributed by atoms with E-state index in [4.69, 9.17) is 0 Å². The maximum Gasteiger partial charge on any atom is 0.194 e. The van der Waals surface area contributed by atoms with Crippen LogP contribution in [-0.4, -0.2) is 60.1 Å². The molecule has 0 bridgehead atoms. The summed E-state index contributed by atoms with van der Waals surface area (Å²) in [5, 5.41) is 12.6. The van der Waals surface area contributed by atoms with Gasteiger partial charge in [-0.1, -0.05) is 13.0 Å². The van der Waals surface area contributed by atoms with E-state index >= 15 is 0 Å². The molecule has 0 saturated carbocycles. The molecule has 1 aromatic rings. The first-order valence-corrected chi connectivity index (χ1v) is 8.76. The number of rotatable bonds is 6. The number of aromatic hydroxyl groups is 1. The van der Waals surface area contributed by atoms with E-state index in [1.807, 2.05) is 14.0 Å². The average Bonchev–Trinajstić information content (AvgIpc) is 3.01. The molecule has 1 aliphatic heterocycles. The molecule has 1 atom stereocenters. The van der Waals surface area contributed by atoms with Gasteiger partial charge < -0.3 is 15.3 Å². The van der Waals surface area contributed by atoms with Crippen molar-refractivity contribution in [1.29, 1.82) is 0 Å². The molecule has 24 heavy (non-hydrogen) atoms. The van der Waals surface area contributed by atoms with Crippen molar-refractivity contribution in [3.8, 4) is 5.75 Å². The highest BCUT2D eigenvalue weighted by molar-refractivity contribution is 5.79. The summed E-state index contributed by atoms with van der Waals surface area (Å²) in [6.07, 6.45) is 2.48. The predicted octanol–water partition coefficient (Wildman–Crippen LogP) is 2.41. The molecule has 5 nitrogen and oxygen atoms in total. The Morgan fingerprint density at radius 1 is 1.46 bits per heavy atom. The number of phenols is 1. The summed E-state index contributed by atoms with van der Waals surface area (Å²) in [6.45, 7) is 8.61. The third-order valence-corrected chi connectivity index (χ3v) is 4.51. The van der Waals surface area contributed by atoms with E-state index in [0.717, 1.165) is 31.2 Å². The molecule has 0 spiro atoms. The van der Waals surface area contributed by atoms with Gasteiger partial charge in [-0.15, -0.1) is 0 Å². The molecular weight excluding hydrogens is 307 g/mol. The quantitative estimate of drug-likeness (QED) is 0.619. The Bertz CT molecular complexity index is 564.